The van der Waals surface area contributed by atoms with E-state index in [0.717, 1.165) is 17.0 Å². The number of allylic oxidation sites excluding steroid dienone is 1. The highest BCUT2D eigenvalue weighted by molar-refractivity contribution is 7.99. The van der Waals surface area contributed by atoms with Crippen molar-refractivity contribution in [2.45, 2.75) is 25.2 Å². The average molecular weight is 379 g/mol. The summed E-state index contributed by atoms with van der Waals surface area (Å²) in [4.78, 5) is 12.2. The molecular weight excluding hydrogens is 356 g/mol. The third kappa shape index (κ3) is 5.08. The zero-order chi connectivity index (χ0) is 19.1. The molecule has 0 atom stereocenters. The molecule has 1 amide bonds. The maximum atomic E-state index is 12.2. The van der Waals surface area contributed by atoms with E-state index in [9.17, 15) is 4.79 Å². The number of carbonyl (C=O) groups excluding carboxylic acids is 1. The number of benzene rings is 2. The van der Waals surface area contributed by atoms with E-state index < -0.39 is 0 Å². The minimum Gasteiger partial charge on any atom is -0.351 e. The van der Waals surface area contributed by atoms with Crippen LogP contribution in [0.4, 0.5) is 0 Å². The maximum absolute atomic E-state index is 12.2. The first kappa shape index (κ1) is 18.9. The molecule has 0 radical (unpaired) electrons. The van der Waals surface area contributed by atoms with Crippen molar-refractivity contribution in [2.24, 2.45) is 0 Å². The Hall–Kier alpha value is -2.86. The molecule has 0 saturated carbocycles. The summed E-state index contributed by atoms with van der Waals surface area (Å²) in [5.41, 5.74) is 3.28. The maximum Gasteiger partial charge on any atom is 0.230 e. The number of rotatable bonds is 8. The molecule has 27 heavy (non-hydrogen) atoms. The van der Waals surface area contributed by atoms with Gasteiger partial charge in [0, 0.05) is 18.7 Å². The van der Waals surface area contributed by atoms with Gasteiger partial charge in [-0.1, -0.05) is 78.0 Å². The number of hydrogen-bond acceptors (Lipinski definition) is 4. The Balaban J connectivity index is 1.61. The van der Waals surface area contributed by atoms with Crippen LogP contribution in [0.5, 0.6) is 0 Å². The highest BCUT2D eigenvalue weighted by Gasteiger charge is 2.14. The standard InChI is InChI=1S/C21H22N4OS/c1-3-13-25-20(18-7-5-4-6-8-18)23-24-21(25)27-15-19(26)22-14-17-11-9-16(2)10-12-17/h3-12H,1,13-15H2,2H3,(H,22,26). The van der Waals surface area contributed by atoms with Crippen molar-refractivity contribution in [1.29, 1.82) is 0 Å². The van der Waals surface area contributed by atoms with E-state index in [1.807, 2.05) is 66.1 Å². The number of aromatic nitrogens is 3. The molecule has 1 aromatic heterocycles. The van der Waals surface area contributed by atoms with Gasteiger partial charge >= 0.3 is 0 Å². The van der Waals surface area contributed by atoms with Crippen LogP contribution in [0.3, 0.4) is 0 Å². The normalized spacial score (nSPS) is 10.6. The number of nitrogens with one attached hydrogen (secondary N) is 1. The van der Waals surface area contributed by atoms with Gasteiger partial charge in [-0.25, -0.2) is 0 Å². The molecule has 0 unspecified atom stereocenters. The third-order valence-corrected chi connectivity index (χ3v) is 4.97. The van der Waals surface area contributed by atoms with Crippen LogP contribution in [-0.4, -0.2) is 26.4 Å². The largest absolute Gasteiger partial charge is 0.351 e. The highest BCUT2D eigenvalue weighted by atomic mass is 32.2. The first-order chi connectivity index (χ1) is 13.2. The SMILES string of the molecule is C=CCn1c(SCC(=O)NCc2ccc(C)cc2)nnc1-c1ccccc1. The predicted octanol–water partition coefficient (Wildman–Crippen LogP) is 3.85. The second-order valence-electron chi connectivity index (χ2n) is 6.12. The van der Waals surface area contributed by atoms with Crippen molar-refractivity contribution in [3.63, 3.8) is 0 Å². The number of nitrogens with zero attached hydrogens (tertiary/aromatic N) is 3. The summed E-state index contributed by atoms with van der Waals surface area (Å²) in [5, 5.41) is 12.2. The summed E-state index contributed by atoms with van der Waals surface area (Å²) in [6.45, 7) is 6.96. The van der Waals surface area contributed by atoms with Gasteiger partial charge in [0.25, 0.3) is 0 Å². The van der Waals surface area contributed by atoms with Crippen LogP contribution in [0.2, 0.25) is 0 Å². The van der Waals surface area contributed by atoms with Gasteiger partial charge in [0.1, 0.15) is 0 Å². The second-order valence-corrected chi connectivity index (χ2v) is 7.06. The fourth-order valence-electron chi connectivity index (χ4n) is 2.58. The molecule has 1 heterocycles. The molecule has 0 aliphatic rings. The summed E-state index contributed by atoms with van der Waals surface area (Å²) in [5.74, 6) is 1.03. The highest BCUT2D eigenvalue weighted by Crippen LogP contribution is 2.23. The van der Waals surface area contributed by atoms with Crippen LogP contribution in [-0.2, 0) is 17.9 Å². The molecule has 0 fully saturated rings. The van der Waals surface area contributed by atoms with E-state index >= 15 is 0 Å². The quantitative estimate of drug-likeness (QED) is 0.478. The van der Waals surface area contributed by atoms with Gasteiger partial charge in [0.05, 0.1) is 5.75 Å². The summed E-state index contributed by atoms with van der Waals surface area (Å²) in [6, 6.07) is 18.0. The Morgan fingerprint density at radius 3 is 2.59 bits per heavy atom. The lowest BCUT2D eigenvalue weighted by Crippen LogP contribution is -2.24. The van der Waals surface area contributed by atoms with Crippen LogP contribution in [0.15, 0.2) is 72.4 Å². The summed E-state index contributed by atoms with van der Waals surface area (Å²) < 4.78 is 1.97. The van der Waals surface area contributed by atoms with Crippen molar-refractivity contribution in [2.75, 3.05) is 5.75 Å². The van der Waals surface area contributed by atoms with Gasteiger partial charge < -0.3 is 5.32 Å². The molecule has 1 N–H and O–H groups in total. The number of amides is 1. The number of hydrogen-bond donors (Lipinski definition) is 1. The molecule has 0 aliphatic carbocycles. The first-order valence-corrected chi connectivity index (χ1v) is 9.70. The van der Waals surface area contributed by atoms with Crippen molar-refractivity contribution in [3.05, 3.63) is 78.4 Å². The van der Waals surface area contributed by atoms with E-state index in [4.69, 9.17) is 0 Å². The molecule has 0 spiro atoms. The predicted molar refractivity (Wildman–Crippen MR) is 109 cm³/mol. The lowest BCUT2D eigenvalue weighted by atomic mass is 10.1. The average Bonchev–Trinajstić information content (AvgIpc) is 3.09. The van der Waals surface area contributed by atoms with Crippen LogP contribution >= 0.6 is 11.8 Å². The van der Waals surface area contributed by atoms with Crippen LogP contribution < -0.4 is 5.32 Å². The molecule has 5 nitrogen and oxygen atoms in total. The molecular formula is C21H22N4OS. The van der Waals surface area contributed by atoms with Crippen molar-refractivity contribution in [3.8, 4) is 11.4 Å². The zero-order valence-electron chi connectivity index (χ0n) is 15.3. The summed E-state index contributed by atoms with van der Waals surface area (Å²) in [7, 11) is 0. The van der Waals surface area contributed by atoms with Crippen LogP contribution in [0, 0.1) is 6.92 Å². The van der Waals surface area contributed by atoms with Crippen LogP contribution in [0.1, 0.15) is 11.1 Å². The van der Waals surface area contributed by atoms with E-state index in [-0.39, 0.29) is 11.7 Å². The topological polar surface area (TPSA) is 59.8 Å². The molecule has 0 saturated heterocycles. The Morgan fingerprint density at radius 1 is 1.15 bits per heavy atom. The summed E-state index contributed by atoms with van der Waals surface area (Å²) >= 11 is 1.38. The monoisotopic (exact) mass is 378 g/mol. The fourth-order valence-corrected chi connectivity index (χ4v) is 3.36. The van der Waals surface area contributed by atoms with E-state index in [2.05, 4.69) is 22.1 Å². The molecule has 138 valence electrons. The Kier molecular flexibility index (Phi) is 6.44. The van der Waals surface area contributed by atoms with Crippen molar-refractivity contribution in [1.82, 2.24) is 20.1 Å². The fraction of sp³-hybridized carbons (Fsp3) is 0.190. The third-order valence-electron chi connectivity index (χ3n) is 4.00. The molecule has 3 rings (SSSR count). The summed E-state index contributed by atoms with van der Waals surface area (Å²) in [6.07, 6.45) is 1.80. The Bertz CT molecular complexity index is 904. The first-order valence-electron chi connectivity index (χ1n) is 8.72. The van der Waals surface area contributed by atoms with Gasteiger partial charge in [0.15, 0.2) is 11.0 Å². The van der Waals surface area contributed by atoms with E-state index in [1.54, 1.807) is 6.08 Å². The van der Waals surface area contributed by atoms with Gasteiger partial charge in [-0.05, 0) is 12.5 Å². The number of aryl methyl sites for hydroxylation is 1. The van der Waals surface area contributed by atoms with Gasteiger partial charge in [0.2, 0.25) is 5.91 Å². The Morgan fingerprint density at radius 2 is 1.89 bits per heavy atom. The molecule has 3 aromatic rings. The van der Waals surface area contributed by atoms with Crippen molar-refractivity contribution < 1.29 is 4.79 Å². The van der Waals surface area contributed by atoms with Gasteiger partial charge in [-0.3, -0.25) is 9.36 Å². The lowest BCUT2D eigenvalue weighted by Gasteiger charge is -2.08. The van der Waals surface area contributed by atoms with E-state index in [0.29, 0.717) is 18.2 Å². The van der Waals surface area contributed by atoms with Gasteiger partial charge in [-0.15, -0.1) is 16.8 Å². The molecule has 0 bridgehead atoms. The second kappa shape index (κ2) is 9.19. The zero-order valence-corrected chi connectivity index (χ0v) is 16.1. The molecule has 0 aliphatic heterocycles. The minimum atomic E-state index is -0.0324. The number of thioether (sulfide) groups is 1. The minimum absolute atomic E-state index is 0.0324. The number of carbonyl (C=O) groups is 1. The van der Waals surface area contributed by atoms with Crippen LogP contribution in [0.25, 0.3) is 11.4 Å². The van der Waals surface area contributed by atoms with Crippen molar-refractivity contribution >= 4 is 17.7 Å². The smallest absolute Gasteiger partial charge is 0.230 e. The Labute approximate surface area is 163 Å². The molecule has 6 heteroatoms. The van der Waals surface area contributed by atoms with Gasteiger partial charge in [-0.2, -0.15) is 0 Å². The lowest BCUT2D eigenvalue weighted by molar-refractivity contribution is -0.118. The van der Waals surface area contributed by atoms with E-state index in [1.165, 1.54) is 17.3 Å². The molecule has 2 aromatic carbocycles.